The van der Waals surface area contributed by atoms with E-state index in [1.165, 1.54) is 14.2 Å². The van der Waals surface area contributed by atoms with Crippen LogP contribution in [0, 0.1) is 0 Å². The average Bonchev–Trinajstić information content (AvgIpc) is 2.52. The van der Waals surface area contributed by atoms with Gasteiger partial charge in [-0.3, -0.25) is 14.3 Å². The summed E-state index contributed by atoms with van der Waals surface area (Å²) in [4.78, 5) is 33.9. The van der Waals surface area contributed by atoms with E-state index in [0.29, 0.717) is 22.4 Å². The molecule has 25 heavy (non-hydrogen) atoms. The van der Waals surface area contributed by atoms with Gasteiger partial charge in [0.1, 0.15) is 6.04 Å². The molecular weight excluding hydrogens is 351 g/mol. The van der Waals surface area contributed by atoms with Crippen molar-refractivity contribution < 1.29 is 33.7 Å². The van der Waals surface area contributed by atoms with Crippen LogP contribution in [0.2, 0.25) is 0 Å². The molecule has 2 aromatic rings. The number of carboxylic acid groups (broad SMARTS) is 1. The molecule has 0 aliphatic heterocycles. The maximum absolute atomic E-state index is 11.4. The molecule has 5 N–H and O–H groups in total. The maximum Gasteiger partial charge on any atom is 0.329 e. The Morgan fingerprint density at radius 2 is 1.84 bits per heavy atom. The molecule has 1 aromatic carbocycles. The van der Waals surface area contributed by atoms with Gasteiger partial charge in [0.2, 0.25) is 0 Å². The van der Waals surface area contributed by atoms with Crippen LogP contribution in [0.3, 0.4) is 0 Å². The van der Waals surface area contributed by atoms with Crippen LogP contribution in [0.15, 0.2) is 18.2 Å². The van der Waals surface area contributed by atoms with Crippen molar-refractivity contribution in [3.63, 3.8) is 0 Å². The third-order valence-electron chi connectivity index (χ3n) is 3.60. The second kappa shape index (κ2) is 7.37. The Bertz CT molecular complexity index is 849. The number of methoxy groups -OCH3 is 2. The largest absolute Gasteiger partial charge is 0.493 e. The SMILES string of the molecule is COc1cc2cc(CP(=O)(O)O)c(C[C@@H](N)C(=O)O)nc2cc1OC. The Hall–Kier alpha value is -2.19. The van der Waals surface area contributed by atoms with Crippen molar-refractivity contribution in [2.45, 2.75) is 18.6 Å². The van der Waals surface area contributed by atoms with Crippen molar-refractivity contribution in [3.05, 3.63) is 29.5 Å². The third kappa shape index (κ3) is 4.67. The lowest BCUT2D eigenvalue weighted by molar-refractivity contribution is -0.138. The minimum Gasteiger partial charge on any atom is -0.493 e. The van der Waals surface area contributed by atoms with Crippen LogP contribution in [0.1, 0.15) is 11.3 Å². The first-order valence-electron chi connectivity index (χ1n) is 7.22. The van der Waals surface area contributed by atoms with Crippen molar-refractivity contribution >= 4 is 24.5 Å². The minimum atomic E-state index is -4.38. The predicted octanol–water partition coefficient (Wildman–Crippen LogP) is 0.884. The van der Waals surface area contributed by atoms with Gasteiger partial charge in [0.05, 0.1) is 25.9 Å². The maximum atomic E-state index is 11.4. The monoisotopic (exact) mass is 370 g/mol. The molecule has 136 valence electrons. The lowest BCUT2D eigenvalue weighted by atomic mass is 10.0. The third-order valence-corrected chi connectivity index (χ3v) is 4.35. The van der Waals surface area contributed by atoms with Gasteiger partial charge in [-0.15, -0.1) is 0 Å². The molecule has 1 aromatic heterocycles. The van der Waals surface area contributed by atoms with Gasteiger partial charge in [-0.1, -0.05) is 0 Å². The van der Waals surface area contributed by atoms with Gasteiger partial charge in [0.15, 0.2) is 11.5 Å². The van der Waals surface area contributed by atoms with E-state index < -0.39 is 25.8 Å². The van der Waals surface area contributed by atoms with Gasteiger partial charge in [-0.05, 0) is 17.7 Å². The standard InChI is InChI=1S/C15H19N2O7P/c1-23-13-4-8-3-9(7-25(20,21)22)11(5-10(16)15(18)19)17-12(8)6-14(13)24-2/h3-4,6,10H,5,7,16H2,1-2H3,(H,18,19)(H2,20,21,22)/t10-/m1/s1. The molecule has 0 saturated carbocycles. The fourth-order valence-electron chi connectivity index (χ4n) is 2.42. The number of fused-ring (bicyclic) bond motifs is 1. The Morgan fingerprint density at radius 3 is 2.36 bits per heavy atom. The highest BCUT2D eigenvalue weighted by atomic mass is 31.2. The fourth-order valence-corrected chi connectivity index (χ4v) is 3.13. The molecular formula is C15H19N2O7P. The molecule has 1 atom stereocenters. The number of carboxylic acids is 1. The van der Waals surface area contributed by atoms with Crippen molar-refractivity contribution in [1.29, 1.82) is 0 Å². The first kappa shape index (κ1) is 19.1. The summed E-state index contributed by atoms with van der Waals surface area (Å²) in [6.07, 6.45) is -0.721. The average molecular weight is 370 g/mol. The topological polar surface area (TPSA) is 152 Å². The molecule has 0 saturated heterocycles. The van der Waals surface area contributed by atoms with E-state index in [1.807, 2.05) is 0 Å². The lowest BCUT2D eigenvalue weighted by Crippen LogP contribution is -2.33. The molecule has 0 fully saturated rings. The quantitative estimate of drug-likeness (QED) is 0.520. The highest BCUT2D eigenvalue weighted by molar-refractivity contribution is 7.50. The summed E-state index contributed by atoms with van der Waals surface area (Å²) in [5, 5.41) is 9.57. The molecule has 0 amide bonds. The highest BCUT2D eigenvalue weighted by Gasteiger charge is 2.22. The number of nitrogens with zero attached hydrogens (tertiary/aromatic N) is 1. The zero-order chi connectivity index (χ0) is 18.8. The fraction of sp³-hybridized carbons (Fsp3) is 0.333. The van der Waals surface area contributed by atoms with Crippen LogP contribution in [0.25, 0.3) is 10.9 Å². The van der Waals surface area contributed by atoms with Crippen LogP contribution in [0.4, 0.5) is 0 Å². The number of aliphatic carboxylic acids is 1. The van der Waals surface area contributed by atoms with Crippen LogP contribution in [0.5, 0.6) is 11.5 Å². The van der Waals surface area contributed by atoms with E-state index in [-0.39, 0.29) is 17.7 Å². The summed E-state index contributed by atoms with van der Waals surface area (Å²) in [6, 6.07) is 3.55. The van der Waals surface area contributed by atoms with Gasteiger partial charge in [-0.25, -0.2) is 0 Å². The number of rotatable bonds is 7. The minimum absolute atomic E-state index is 0.158. The smallest absolute Gasteiger partial charge is 0.329 e. The van der Waals surface area contributed by atoms with Gasteiger partial charge in [-0.2, -0.15) is 0 Å². The van der Waals surface area contributed by atoms with Crippen LogP contribution >= 0.6 is 7.60 Å². The molecule has 9 nitrogen and oxygen atoms in total. The van der Waals surface area contributed by atoms with Crippen LogP contribution in [-0.2, 0) is 21.9 Å². The molecule has 1 heterocycles. The van der Waals surface area contributed by atoms with Gasteiger partial charge in [0, 0.05) is 23.6 Å². The second-order valence-corrected chi connectivity index (χ2v) is 7.11. The zero-order valence-corrected chi connectivity index (χ0v) is 14.6. The van der Waals surface area contributed by atoms with Gasteiger partial charge >= 0.3 is 13.6 Å². The Balaban J connectivity index is 2.63. The molecule has 0 spiro atoms. The zero-order valence-electron chi connectivity index (χ0n) is 13.7. The van der Waals surface area contributed by atoms with E-state index in [0.717, 1.165) is 0 Å². The second-order valence-electron chi connectivity index (χ2n) is 5.47. The van der Waals surface area contributed by atoms with E-state index in [4.69, 9.17) is 20.3 Å². The van der Waals surface area contributed by atoms with Crippen molar-refractivity contribution in [2.24, 2.45) is 5.73 Å². The van der Waals surface area contributed by atoms with E-state index >= 15 is 0 Å². The highest BCUT2D eigenvalue weighted by Crippen LogP contribution is 2.41. The number of hydrogen-bond acceptors (Lipinski definition) is 6. The van der Waals surface area contributed by atoms with Gasteiger partial charge in [0.25, 0.3) is 0 Å². The van der Waals surface area contributed by atoms with Crippen molar-refractivity contribution in [3.8, 4) is 11.5 Å². The Labute approximate surface area is 143 Å². The van der Waals surface area contributed by atoms with E-state index in [9.17, 15) is 19.1 Å². The normalized spacial score (nSPS) is 12.8. The lowest BCUT2D eigenvalue weighted by Gasteiger charge is -2.15. The van der Waals surface area contributed by atoms with Crippen molar-refractivity contribution in [2.75, 3.05) is 14.2 Å². The Kier molecular flexibility index (Phi) is 5.64. The first-order chi connectivity index (χ1) is 11.6. The van der Waals surface area contributed by atoms with Crippen LogP contribution < -0.4 is 15.2 Å². The molecule has 0 radical (unpaired) electrons. The number of hydrogen-bond donors (Lipinski definition) is 4. The summed E-state index contributed by atoms with van der Waals surface area (Å²) in [5.41, 5.74) is 6.48. The molecule has 0 bridgehead atoms. The number of nitrogens with two attached hydrogens (primary N) is 1. The number of ether oxygens (including phenoxy) is 2. The predicted molar refractivity (Wildman–Crippen MR) is 89.9 cm³/mol. The number of pyridine rings is 1. The van der Waals surface area contributed by atoms with E-state index in [2.05, 4.69) is 4.98 Å². The molecule has 10 heteroatoms. The summed E-state index contributed by atoms with van der Waals surface area (Å²) < 4.78 is 21.8. The first-order valence-corrected chi connectivity index (χ1v) is 9.02. The van der Waals surface area contributed by atoms with Gasteiger partial charge < -0.3 is 30.1 Å². The summed E-state index contributed by atoms with van der Waals surface area (Å²) in [6.45, 7) is 0. The summed E-state index contributed by atoms with van der Waals surface area (Å²) >= 11 is 0. The molecule has 0 aliphatic rings. The molecule has 0 unspecified atom stereocenters. The number of benzene rings is 1. The van der Waals surface area contributed by atoms with Crippen molar-refractivity contribution in [1.82, 2.24) is 4.98 Å². The van der Waals surface area contributed by atoms with Crippen LogP contribution in [-0.4, -0.2) is 46.1 Å². The molecule has 2 rings (SSSR count). The molecule has 0 aliphatic carbocycles. The summed E-state index contributed by atoms with van der Waals surface area (Å²) in [7, 11) is -1.45. The number of carbonyl (C=O) groups is 1. The Morgan fingerprint density at radius 1 is 1.24 bits per heavy atom. The summed E-state index contributed by atoms with van der Waals surface area (Å²) in [5.74, 6) is -0.357. The number of aromatic nitrogens is 1. The van der Waals surface area contributed by atoms with E-state index in [1.54, 1.807) is 18.2 Å².